The number of rotatable bonds is 8. The van der Waals surface area contributed by atoms with Gasteiger partial charge in [0.05, 0.1) is 18.4 Å². The van der Waals surface area contributed by atoms with Crippen LogP contribution in [0.25, 0.3) is 0 Å². The summed E-state index contributed by atoms with van der Waals surface area (Å²) in [5.41, 5.74) is 0.854. The summed E-state index contributed by atoms with van der Waals surface area (Å²) in [6.07, 6.45) is 0.691. The predicted octanol–water partition coefficient (Wildman–Crippen LogP) is 2.27. The number of hydrogen-bond donors (Lipinski definition) is 3. The van der Waals surface area contributed by atoms with Crippen molar-refractivity contribution in [3.05, 3.63) is 54.1 Å². The summed E-state index contributed by atoms with van der Waals surface area (Å²) >= 11 is 0. The van der Waals surface area contributed by atoms with Crippen LogP contribution < -0.4 is 10.1 Å². The highest BCUT2D eigenvalue weighted by Gasteiger charge is 2.26. The largest absolute Gasteiger partial charge is 0.506 e. The van der Waals surface area contributed by atoms with Crippen LogP contribution in [0.2, 0.25) is 0 Å². The number of hydrogen-bond acceptors (Lipinski definition) is 7. The van der Waals surface area contributed by atoms with E-state index in [-0.39, 0.29) is 24.2 Å². The van der Waals surface area contributed by atoms with Crippen LogP contribution >= 0.6 is 0 Å². The maximum absolute atomic E-state index is 12.5. The smallest absolute Gasteiger partial charge is 0.337 e. The van der Waals surface area contributed by atoms with Gasteiger partial charge in [0.1, 0.15) is 24.2 Å². The SMILES string of the molecule is COC(=O)c1ccc(OC[C@@H](O)CN2CCC(C(=O)Nc3ccccc3O)CC2)cc1. The molecule has 1 atom stereocenters. The van der Waals surface area contributed by atoms with Crippen LogP contribution in [0.4, 0.5) is 5.69 Å². The van der Waals surface area contributed by atoms with Gasteiger partial charge in [-0.05, 0) is 62.3 Å². The van der Waals surface area contributed by atoms with E-state index >= 15 is 0 Å². The van der Waals surface area contributed by atoms with Crippen molar-refractivity contribution in [2.24, 2.45) is 5.92 Å². The van der Waals surface area contributed by atoms with Gasteiger partial charge in [0.2, 0.25) is 5.91 Å². The Morgan fingerprint density at radius 1 is 1.13 bits per heavy atom. The molecule has 166 valence electrons. The summed E-state index contributed by atoms with van der Waals surface area (Å²) in [4.78, 5) is 26.0. The number of likely N-dealkylation sites (tertiary alicyclic amines) is 1. The molecule has 3 rings (SSSR count). The molecule has 0 aromatic heterocycles. The summed E-state index contributed by atoms with van der Waals surface area (Å²) in [5, 5.41) is 22.9. The van der Waals surface area contributed by atoms with Gasteiger partial charge in [-0.3, -0.25) is 4.79 Å². The number of aromatic hydroxyl groups is 1. The second kappa shape index (κ2) is 10.8. The highest BCUT2D eigenvalue weighted by Crippen LogP contribution is 2.25. The fourth-order valence-electron chi connectivity index (χ4n) is 3.54. The molecule has 0 spiro atoms. The Balaban J connectivity index is 1.38. The van der Waals surface area contributed by atoms with Crippen molar-refractivity contribution in [2.75, 3.05) is 38.7 Å². The van der Waals surface area contributed by atoms with Crippen LogP contribution in [-0.2, 0) is 9.53 Å². The zero-order chi connectivity index (χ0) is 22.2. The Kier molecular flexibility index (Phi) is 7.86. The molecule has 0 aliphatic carbocycles. The molecule has 1 amide bonds. The number of esters is 1. The van der Waals surface area contributed by atoms with E-state index < -0.39 is 12.1 Å². The first-order chi connectivity index (χ1) is 15.0. The second-order valence-electron chi connectivity index (χ2n) is 7.56. The fourth-order valence-corrected chi connectivity index (χ4v) is 3.54. The van der Waals surface area contributed by atoms with E-state index in [2.05, 4.69) is 15.0 Å². The van der Waals surface area contributed by atoms with Crippen molar-refractivity contribution in [1.29, 1.82) is 0 Å². The molecule has 8 heteroatoms. The maximum atomic E-state index is 12.5. The summed E-state index contributed by atoms with van der Waals surface area (Å²) in [5.74, 6) is -0.0233. The average Bonchev–Trinajstić information content (AvgIpc) is 2.79. The van der Waals surface area contributed by atoms with Gasteiger partial charge in [-0.2, -0.15) is 0 Å². The number of nitrogens with zero attached hydrogens (tertiary/aromatic N) is 1. The molecule has 1 saturated heterocycles. The number of aliphatic hydroxyl groups excluding tert-OH is 1. The Labute approximate surface area is 181 Å². The van der Waals surface area contributed by atoms with Crippen LogP contribution in [0.15, 0.2) is 48.5 Å². The van der Waals surface area contributed by atoms with E-state index in [1.54, 1.807) is 42.5 Å². The molecule has 0 saturated carbocycles. The van der Waals surface area contributed by atoms with E-state index in [4.69, 9.17) is 4.74 Å². The van der Waals surface area contributed by atoms with Crippen LogP contribution in [0.5, 0.6) is 11.5 Å². The number of carbonyl (C=O) groups excluding carboxylic acids is 2. The number of benzene rings is 2. The van der Waals surface area contributed by atoms with Crippen molar-refractivity contribution in [2.45, 2.75) is 18.9 Å². The number of carbonyl (C=O) groups is 2. The summed E-state index contributed by atoms with van der Waals surface area (Å²) in [7, 11) is 1.33. The number of phenolic OH excluding ortho intramolecular Hbond substituents is 1. The Morgan fingerprint density at radius 3 is 2.45 bits per heavy atom. The number of anilines is 1. The first kappa shape index (κ1) is 22.6. The number of phenols is 1. The molecular weight excluding hydrogens is 400 g/mol. The molecule has 1 heterocycles. The number of methoxy groups -OCH3 is 1. The molecule has 8 nitrogen and oxygen atoms in total. The predicted molar refractivity (Wildman–Crippen MR) is 115 cm³/mol. The highest BCUT2D eigenvalue weighted by molar-refractivity contribution is 5.94. The minimum atomic E-state index is -0.674. The number of para-hydroxylation sites is 2. The molecule has 1 aliphatic heterocycles. The minimum absolute atomic E-state index is 0.0522. The quantitative estimate of drug-likeness (QED) is 0.437. The van der Waals surface area contributed by atoms with Gasteiger partial charge < -0.3 is 29.9 Å². The van der Waals surface area contributed by atoms with E-state index in [1.165, 1.54) is 13.2 Å². The third kappa shape index (κ3) is 6.44. The Bertz CT molecular complexity index is 878. The third-order valence-corrected chi connectivity index (χ3v) is 5.31. The van der Waals surface area contributed by atoms with Gasteiger partial charge in [0.25, 0.3) is 0 Å². The summed E-state index contributed by atoms with van der Waals surface area (Å²) in [6.45, 7) is 1.98. The molecule has 2 aromatic carbocycles. The van der Waals surface area contributed by atoms with Gasteiger partial charge in [-0.25, -0.2) is 4.79 Å². The molecular formula is C23H28N2O6. The van der Waals surface area contributed by atoms with Gasteiger partial charge >= 0.3 is 5.97 Å². The second-order valence-corrected chi connectivity index (χ2v) is 7.56. The van der Waals surface area contributed by atoms with Crippen LogP contribution in [0, 0.1) is 5.92 Å². The van der Waals surface area contributed by atoms with Gasteiger partial charge in [-0.15, -0.1) is 0 Å². The first-order valence-electron chi connectivity index (χ1n) is 10.3. The average molecular weight is 428 g/mol. The lowest BCUT2D eigenvalue weighted by Gasteiger charge is -2.32. The molecule has 0 bridgehead atoms. The number of nitrogens with one attached hydrogen (secondary N) is 1. The van der Waals surface area contributed by atoms with Gasteiger partial charge in [-0.1, -0.05) is 12.1 Å². The normalized spacial score (nSPS) is 15.8. The molecule has 31 heavy (non-hydrogen) atoms. The van der Waals surface area contributed by atoms with Crippen molar-refractivity contribution in [3.8, 4) is 11.5 Å². The molecule has 2 aromatic rings. The number of amides is 1. The minimum Gasteiger partial charge on any atom is -0.506 e. The first-order valence-corrected chi connectivity index (χ1v) is 10.3. The van der Waals surface area contributed by atoms with Crippen molar-refractivity contribution >= 4 is 17.6 Å². The van der Waals surface area contributed by atoms with E-state index in [1.807, 2.05) is 0 Å². The lowest BCUT2D eigenvalue weighted by Crippen LogP contribution is -2.42. The standard InChI is InChI=1S/C23H28N2O6/c1-30-23(29)17-6-8-19(9-7-17)31-15-18(26)14-25-12-10-16(11-13-25)22(28)24-20-4-2-3-5-21(20)27/h2-9,16,18,26-27H,10-15H2,1H3,(H,24,28)/t18-/m0/s1. The fraction of sp³-hybridized carbons (Fsp3) is 0.391. The Morgan fingerprint density at radius 2 is 1.81 bits per heavy atom. The van der Waals surface area contributed by atoms with Gasteiger partial charge in [0, 0.05) is 12.5 Å². The van der Waals surface area contributed by atoms with Crippen molar-refractivity contribution < 1.29 is 29.3 Å². The summed E-state index contributed by atoms with van der Waals surface area (Å²) in [6, 6.07) is 13.2. The zero-order valence-electron chi connectivity index (χ0n) is 17.5. The lowest BCUT2D eigenvalue weighted by molar-refractivity contribution is -0.121. The molecule has 0 radical (unpaired) electrons. The molecule has 1 fully saturated rings. The molecule has 3 N–H and O–H groups in total. The number of aliphatic hydroxyl groups is 1. The maximum Gasteiger partial charge on any atom is 0.337 e. The van der Waals surface area contributed by atoms with E-state index in [9.17, 15) is 19.8 Å². The third-order valence-electron chi connectivity index (χ3n) is 5.31. The number of piperidine rings is 1. The van der Waals surface area contributed by atoms with Crippen LogP contribution in [-0.4, -0.2) is 66.4 Å². The molecule has 1 aliphatic rings. The van der Waals surface area contributed by atoms with E-state index in [0.717, 1.165) is 0 Å². The van der Waals surface area contributed by atoms with Crippen LogP contribution in [0.3, 0.4) is 0 Å². The number of ether oxygens (including phenoxy) is 2. The highest BCUT2D eigenvalue weighted by atomic mass is 16.5. The monoisotopic (exact) mass is 428 g/mol. The van der Waals surface area contributed by atoms with E-state index in [0.29, 0.717) is 49.5 Å². The zero-order valence-corrected chi connectivity index (χ0v) is 17.5. The molecule has 0 unspecified atom stereocenters. The lowest BCUT2D eigenvalue weighted by atomic mass is 9.95. The van der Waals surface area contributed by atoms with Crippen molar-refractivity contribution in [1.82, 2.24) is 4.90 Å². The summed E-state index contributed by atoms with van der Waals surface area (Å²) < 4.78 is 10.3. The van der Waals surface area contributed by atoms with Gasteiger partial charge in [0.15, 0.2) is 0 Å². The van der Waals surface area contributed by atoms with Crippen LogP contribution in [0.1, 0.15) is 23.2 Å². The topological polar surface area (TPSA) is 108 Å². The Hall–Kier alpha value is -3.10. The van der Waals surface area contributed by atoms with Crippen molar-refractivity contribution in [3.63, 3.8) is 0 Å². The number of β-amino-alcohol motifs (C(OH)–C–C–N with tert-alkyl or cyclic N) is 1.